The van der Waals surface area contributed by atoms with Gasteiger partial charge in [0.15, 0.2) is 5.78 Å². The van der Waals surface area contributed by atoms with Gasteiger partial charge in [-0.3, -0.25) is 4.79 Å². The van der Waals surface area contributed by atoms with Crippen LogP contribution in [0.2, 0.25) is 0 Å². The van der Waals surface area contributed by atoms with Gasteiger partial charge in [0.2, 0.25) is 0 Å². The average Bonchev–Trinajstić information content (AvgIpc) is 2.28. The first-order chi connectivity index (χ1) is 7.93. The summed E-state index contributed by atoms with van der Waals surface area (Å²) in [4.78, 5) is 12.7. The summed E-state index contributed by atoms with van der Waals surface area (Å²) in [5.41, 5.74) is -0.450. The predicted molar refractivity (Wildman–Crippen MR) is 64.9 cm³/mol. The molecule has 17 heavy (non-hydrogen) atoms. The third-order valence-corrected chi connectivity index (χ3v) is 6.11. The highest BCUT2D eigenvalue weighted by Gasteiger charge is 2.69. The standard InChI is InChI=1S/C15H21NO/c1-9-4-5-15(8-16)11(6-9)10-7-12(13(15)17)14(10,2)3/h9-12H,4-7H2,1-3H3/t9-,10+,11-,12-,15+/m0/s1. The fraction of sp³-hybridized carbons (Fsp3) is 0.867. The van der Waals surface area contributed by atoms with Gasteiger partial charge in [-0.2, -0.15) is 5.26 Å². The summed E-state index contributed by atoms with van der Waals surface area (Å²) < 4.78 is 0. The zero-order chi connectivity index (χ0) is 12.4. The Kier molecular flexibility index (Phi) is 2.07. The van der Waals surface area contributed by atoms with E-state index in [-0.39, 0.29) is 17.1 Å². The third kappa shape index (κ3) is 1.13. The van der Waals surface area contributed by atoms with Gasteiger partial charge in [-0.15, -0.1) is 0 Å². The second-order valence-electron chi connectivity index (χ2n) is 7.15. The lowest BCUT2D eigenvalue weighted by atomic mass is 9.36. The van der Waals surface area contributed by atoms with Gasteiger partial charge in [0.1, 0.15) is 5.41 Å². The predicted octanol–water partition coefficient (Wildman–Crippen LogP) is 3.18. The van der Waals surface area contributed by atoms with E-state index in [1.54, 1.807) is 0 Å². The maximum Gasteiger partial charge on any atom is 0.156 e. The quantitative estimate of drug-likeness (QED) is 0.642. The van der Waals surface area contributed by atoms with Crippen LogP contribution in [0.5, 0.6) is 0 Å². The van der Waals surface area contributed by atoms with Crippen LogP contribution in [-0.2, 0) is 4.79 Å². The van der Waals surface area contributed by atoms with Gasteiger partial charge in [-0.05, 0) is 48.9 Å². The number of rotatable bonds is 0. The van der Waals surface area contributed by atoms with Crippen LogP contribution in [0.25, 0.3) is 0 Å². The van der Waals surface area contributed by atoms with Crippen molar-refractivity contribution in [3.8, 4) is 6.07 Å². The molecule has 0 N–H and O–H groups in total. The molecule has 2 nitrogen and oxygen atoms in total. The van der Waals surface area contributed by atoms with E-state index in [9.17, 15) is 10.1 Å². The number of carbonyl (C=O) groups is 1. The van der Waals surface area contributed by atoms with Gasteiger partial charge in [0.05, 0.1) is 6.07 Å². The lowest BCUT2D eigenvalue weighted by molar-refractivity contribution is -0.187. The van der Waals surface area contributed by atoms with Crippen LogP contribution < -0.4 is 0 Å². The van der Waals surface area contributed by atoms with Crippen LogP contribution in [0, 0.1) is 45.8 Å². The second-order valence-corrected chi connectivity index (χ2v) is 7.15. The Balaban J connectivity index is 2.04. The Morgan fingerprint density at radius 3 is 2.59 bits per heavy atom. The summed E-state index contributed by atoms with van der Waals surface area (Å²) in [5, 5.41) is 9.57. The number of ketones is 1. The van der Waals surface area contributed by atoms with Crippen LogP contribution in [0.3, 0.4) is 0 Å². The summed E-state index contributed by atoms with van der Waals surface area (Å²) in [6.45, 7) is 6.72. The van der Waals surface area contributed by atoms with Crippen molar-refractivity contribution in [1.29, 1.82) is 5.26 Å². The fourth-order valence-electron chi connectivity index (χ4n) is 4.82. The van der Waals surface area contributed by atoms with Crippen LogP contribution in [-0.4, -0.2) is 5.78 Å². The highest BCUT2D eigenvalue weighted by atomic mass is 16.1. The Morgan fingerprint density at radius 2 is 2.00 bits per heavy atom. The van der Waals surface area contributed by atoms with E-state index in [4.69, 9.17) is 0 Å². The van der Waals surface area contributed by atoms with Crippen LogP contribution in [0.15, 0.2) is 0 Å². The van der Waals surface area contributed by atoms with Crippen molar-refractivity contribution < 1.29 is 4.79 Å². The summed E-state index contributed by atoms with van der Waals surface area (Å²) >= 11 is 0. The van der Waals surface area contributed by atoms with Crippen molar-refractivity contribution >= 4 is 5.78 Å². The summed E-state index contributed by atoms with van der Waals surface area (Å²) in [6.07, 6.45) is 4.00. The molecule has 0 radical (unpaired) electrons. The summed E-state index contributed by atoms with van der Waals surface area (Å²) in [7, 11) is 0. The minimum absolute atomic E-state index is 0.152. The van der Waals surface area contributed by atoms with Crippen molar-refractivity contribution in [2.75, 3.05) is 0 Å². The Bertz CT molecular complexity index is 419. The molecule has 2 bridgehead atoms. The Hall–Kier alpha value is -0.840. The molecule has 92 valence electrons. The highest BCUT2D eigenvalue weighted by Crippen LogP contribution is 2.68. The second kappa shape index (κ2) is 3.13. The average molecular weight is 231 g/mol. The van der Waals surface area contributed by atoms with Crippen molar-refractivity contribution in [1.82, 2.24) is 0 Å². The molecule has 0 spiro atoms. The molecule has 0 heterocycles. The van der Waals surface area contributed by atoms with E-state index >= 15 is 0 Å². The molecule has 5 atom stereocenters. The molecular formula is C15H21NO. The number of Topliss-reactive ketones (excluding diaryl/α,β-unsaturated/α-hetero) is 1. The maximum atomic E-state index is 12.7. The van der Waals surface area contributed by atoms with E-state index in [1.807, 2.05) is 0 Å². The zero-order valence-corrected chi connectivity index (χ0v) is 11.0. The van der Waals surface area contributed by atoms with Gasteiger partial charge >= 0.3 is 0 Å². The SMILES string of the molecule is C[C@H]1CC[C@]2(C#N)C(=O)[C@@H]3C[C@H]([C@@H]2C1)C3(C)C. The van der Waals surface area contributed by atoms with E-state index < -0.39 is 5.41 Å². The molecule has 0 aliphatic heterocycles. The molecule has 4 saturated carbocycles. The first-order valence-electron chi connectivity index (χ1n) is 6.89. The molecule has 0 amide bonds. The lowest BCUT2D eigenvalue weighted by Crippen LogP contribution is -2.66. The molecule has 0 unspecified atom stereocenters. The van der Waals surface area contributed by atoms with Crippen molar-refractivity contribution in [3.05, 3.63) is 0 Å². The summed E-state index contributed by atoms with van der Waals surface area (Å²) in [5.74, 6) is 2.07. The minimum Gasteiger partial charge on any atom is -0.298 e. The molecule has 0 saturated heterocycles. The number of nitriles is 1. The normalized spacial score (nSPS) is 51.1. The smallest absolute Gasteiger partial charge is 0.156 e. The van der Waals surface area contributed by atoms with Crippen LogP contribution in [0.1, 0.15) is 46.5 Å². The van der Waals surface area contributed by atoms with Crippen molar-refractivity contribution in [3.63, 3.8) is 0 Å². The molecule has 0 aromatic rings. The number of carbonyl (C=O) groups excluding carboxylic acids is 1. The molecule has 0 aromatic heterocycles. The summed E-state index contributed by atoms with van der Waals surface area (Å²) in [6, 6.07) is 2.44. The molecule has 4 aliphatic rings. The zero-order valence-electron chi connectivity index (χ0n) is 11.0. The van der Waals surface area contributed by atoms with E-state index in [2.05, 4.69) is 26.8 Å². The molecule has 4 rings (SSSR count). The van der Waals surface area contributed by atoms with Gasteiger partial charge in [0.25, 0.3) is 0 Å². The topological polar surface area (TPSA) is 40.9 Å². The monoisotopic (exact) mass is 231 g/mol. The van der Waals surface area contributed by atoms with E-state index in [0.717, 1.165) is 25.7 Å². The molecule has 4 aliphatic carbocycles. The van der Waals surface area contributed by atoms with Gasteiger partial charge in [-0.1, -0.05) is 20.8 Å². The van der Waals surface area contributed by atoms with Crippen molar-refractivity contribution in [2.45, 2.75) is 46.5 Å². The fourth-order valence-corrected chi connectivity index (χ4v) is 4.82. The minimum atomic E-state index is -0.602. The lowest BCUT2D eigenvalue weighted by Gasteiger charge is -2.65. The van der Waals surface area contributed by atoms with E-state index in [0.29, 0.717) is 17.8 Å². The van der Waals surface area contributed by atoms with Crippen LogP contribution in [0.4, 0.5) is 0 Å². The van der Waals surface area contributed by atoms with Crippen molar-refractivity contribution in [2.24, 2.45) is 34.5 Å². The van der Waals surface area contributed by atoms with Crippen LogP contribution >= 0.6 is 0 Å². The van der Waals surface area contributed by atoms with E-state index in [1.165, 1.54) is 0 Å². The molecular weight excluding hydrogens is 210 g/mol. The van der Waals surface area contributed by atoms with Gasteiger partial charge in [-0.25, -0.2) is 0 Å². The largest absolute Gasteiger partial charge is 0.298 e. The third-order valence-electron chi connectivity index (χ3n) is 6.11. The maximum absolute atomic E-state index is 12.7. The molecule has 2 heteroatoms. The molecule has 4 fully saturated rings. The molecule has 0 aromatic carbocycles. The first kappa shape index (κ1) is 11.3. The first-order valence-corrected chi connectivity index (χ1v) is 6.89. The van der Waals surface area contributed by atoms with Gasteiger partial charge in [0, 0.05) is 5.92 Å². The van der Waals surface area contributed by atoms with Gasteiger partial charge < -0.3 is 0 Å². The number of hydrogen-bond donors (Lipinski definition) is 0. The highest BCUT2D eigenvalue weighted by molar-refractivity contribution is 5.93. The Morgan fingerprint density at radius 1 is 1.29 bits per heavy atom. The Labute approximate surface area is 103 Å². The number of hydrogen-bond acceptors (Lipinski definition) is 2. The number of nitrogens with zero attached hydrogens (tertiary/aromatic N) is 1.